The maximum absolute atomic E-state index is 7.22. The molecule has 0 atom stereocenters. The third-order valence-electron chi connectivity index (χ3n) is 16.3. The van der Waals surface area contributed by atoms with Crippen molar-refractivity contribution in [1.29, 1.82) is 0 Å². The number of pyridine rings is 2. The molecule has 448 valence electrons. The van der Waals surface area contributed by atoms with E-state index in [0.29, 0.717) is 11.6 Å². The van der Waals surface area contributed by atoms with E-state index in [-0.39, 0.29) is 48.1 Å². The molecule has 8 nitrogen and oxygen atoms in total. The fourth-order valence-electron chi connectivity index (χ4n) is 11.5. The molecule has 88 heavy (non-hydrogen) atoms. The third-order valence-corrected chi connectivity index (χ3v) is 16.3. The van der Waals surface area contributed by atoms with E-state index in [4.69, 9.17) is 14.7 Å². The molecule has 0 bridgehead atoms. The molecule has 0 spiro atoms. The van der Waals surface area contributed by atoms with Crippen LogP contribution in [0.5, 0.6) is 11.6 Å². The monoisotopic (exact) mass is 1340 g/mol. The molecule has 0 amide bonds. The zero-order valence-corrected chi connectivity index (χ0v) is 55.9. The second-order valence-corrected chi connectivity index (χ2v) is 28.0. The van der Waals surface area contributed by atoms with Gasteiger partial charge in [-0.3, -0.25) is 4.98 Å². The molecule has 0 aliphatic carbocycles. The van der Waals surface area contributed by atoms with Crippen molar-refractivity contribution in [2.75, 3.05) is 9.80 Å². The smallest absolute Gasteiger partial charge is 0.182 e. The normalized spacial score (nSPS) is 18.2. The predicted molar refractivity (Wildman–Crippen MR) is 370 cm³/mol. The Morgan fingerprint density at radius 2 is 1.09 bits per heavy atom. The molecule has 0 saturated carbocycles. The number of ether oxygens (including phenoxy) is 1. The standard InChI is InChI=1S/C77H80B2N7O.Pt/c1-73(2,3)51-31-34-65-59(43-51)56-33-32-55(49-68(56)86(65)69-46-52(35-42-82-69)74(4,5)6)87-70-48-54(47-64(83-70)71-60(76(10,11)12)44-53(75(7,8)9)45-61(71)77(13,14)15)84-50-85(67-30-17-16-29-66(67)84)72-57(62-27-23-40-80-38-20-18-36-78-62)25-22-26-58(72)63-28-24-41-81-39-21-19-37-79-63;/h16-47,50,80-81H,1-15H3;/q-3;/b36-18-,37-19-,38-20-,39-21-,40-23-,41-24-,62-27-,63-28-;. The van der Waals surface area contributed by atoms with Gasteiger partial charge >= 0.3 is 0 Å². The first-order chi connectivity index (χ1) is 41.3. The molecule has 3 aliphatic rings. The van der Waals surface area contributed by atoms with E-state index in [2.05, 4.69) is 296 Å². The first-order valence-corrected chi connectivity index (χ1v) is 30.4. The first-order valence-electron chi connectivity index (χ1n) is 30.4. The van der Waals surface area contributed by atoms with Gasteiger partial charge in [0.2, 0.25) is 0 Å². The fourth-order valence-corrected chi connectivity index (χ4v) is 11.5. The molecule has 11 rings (SSSR count). The van der Waals surface area contributed by atoms with Crippen molar-refractivity contribution in [3.63, 3.8) is 0 Å². The Morgan fingerprint density at radius 1 is 0.523 bits per heavy atom. The Bertz CT molecular complexity index is 4110. The first kappa shape index (κ1) is 63.0. The predicted octanol–water partition coefficient (Wildman–Crippen LogP) is 18.9. The summed E-state index contributed by atoms with van der Waals surface area (Å²) >= 11 is 0. The van der Waals surface area contributed by atoms with E-state index in [0.717, 1.165) is 83.7 Å². The summed E-state index contributed by atoms with van der Waals surface area (Å²) in [5.74, 6) is 5.83. The zero-order valence-electron chi connectivity index (χ0n) is 53.7. The van der Waals surface area contributed by atoms with Crippen molar-refractivity contribution in [1.82, 2.24) is 25.2 Å². The molecule has 8 aromatic rings. The Hall–Kier alpha value is -8.06. The molecule has 3 aromatic heterocycles. The van der Waals surface area contributed by atoms with Gasteiger partial charge in [-0.2, -0.15) is 23.9 Å². The number of anilines is 4. The van der Waals surface area contributed by atoms with Crippen LogP contribution in [0.15, 0.2) is 195 Å². The number of benzene rings is 5. The molecule has 0 fully saturated rings. The number of aromatic nitrogens is 3. The number of para-hydroxylation sites is 3. The summed E-state index contributed by atoms with van der Waals surface area (Å²) in [6.45, 7) is 36.5. The zero-order chi connectivity index (χ0) is 61.6. The van der Waals surface area contributed by atoms with Crippen LogP contribution in [-0.2, 0) is 48.1 Å². The van der Waals surface area contributed by atoms with Crippen LogP contribution >= 0.6 is 0 Å². The number of hydrogen-bond donors (Lipinski definition) is 2. The number of fused-ring (bicyclic) bond motifs is 4. The molecule has 0 saturated heterocycles. The van der Waals surface area contributed by atoms with E-state index in [1.807, 2.05) is 61.4 Å². The molecular formula is C77H80B2N7OPt-3. The van der Waals surface area contributed by atoms with Gasteiger partial charge in [0.25, 0.3) is 0 Å². The Labute approximate surface area is 539 Å². The molecular weight excluding hydrogens is 1260 g/mol. The van der Waals surface area contributed by atoms with Gasteiger partial charge in [0.15, 0.2) is 14.6 Å². The minimum absolute atomic E-state index is 0. The SMILES string of the molecule is CC(C)(C)c1ccnc(-n2c3[c-]c(Oc4[c-]c(N5[CH-]N(c6c(/C7=C/C=C\N/C=C\C=C/[B]7)cccc6/C6=C/C=C\N/C=C\C=C/[B]6)c6ccccc65)cc(-c5c(C(C)(C)C)cc(C(C)(C)C)cc5C(C)(C)C)n4)ccc3c3cc(C(C)(C)C)ccc32)c1.[Pt]. The van der Waals surface area contributed by atoms with Crippen LogP contribution in [0.4, 0.5) is 22.7 Å². The molecule has 5 aromatic carbocycles. The van der Waals surface area contributed by atoms with Gasteiger partial charge in [-0.1, -0.05) is 199 Å². The minimum atomic E-state index is -0.269. The summed E-state index contributed by atoms with van der Waals surface area (Å²) < 4.78 is 9.46. The summed E-state index contributed by atoms with van der Waals surface area (Å²) in [5.41, 5.74) is 17.0. The second-order valence-electron chi connectivity index (χ2n) is 28.0. The van der Waals surface area contributed by atoms with Crippen molar-refractivity contribution in [2.45, 2.75) is 131 Å². The number of allylic oxidation sites excluding steroid dienone is 8. The fraction of sp³-hybridized carbons (Fsp3) is 0.260. The third kappa shape index (κ3) is 13.2. The summed E-state index contributed by atoms with van der Waals surface area (Å²) in [7, 11) is 4.35. The molecule has 2 N–H and O–H groups in total. The van der Waals surface area contributed by atoms with Crippen LogP contribution in [0.1, 0.15) is 143 Å². The molecule has 11 heteroatoms. The van der Waals surface area contributed by atoms with Gasteiger partial charge in [0.1, 0.15) is 11.7 Å². The molecule has 0 unspecified atom stereocenters. The second kappa shape index (κ2) is 24.8. The summed E-state index contributed by atoms with van der Waals surface area (Å²) in [4.78, 5) is 15.2. The number of hydrogen-bond acceptors (Lipinski definition) is 7. The van der Waals surface area contributed by atoms with Gasteiger partial charge in [-0.15, -0.1) is 36.1 Å². The van der Waals surface area contributed by atoms with Crippen LogP contribution in [0.2, 0.25) is 0 Å². The van der Waals surface area contributed by atoms with Crippen LogP contribution in [0.25, 0.3) is 49.8 Å². The summed E-state index contributed by atoms with van der Waals surface area (Å²) in [5, 5.41) is 8.72. The van der Waals surface area contributed by atoms with E-state index in [1.54, 1.807) is 0 Å². The Kier molecular flexibility index (Phi) is 17.8. The average Bonchev–Trinajstić information content (AvgIpc) is 1.48. The van der Waals surface area contributed by atoms with E-state index in [9.17, 15) is 0 Å². The van der Waals surface area contributed by atoms with Crippen LogP contribution in [0.3, 0.4) is 0 Å². The van der Waals surface area contributed by atoms with Crippen molar-refractivity contribution in [2.24, 2.45) is 0 Å². The van der Waals surface area contributed by atoms with Crippen molar-refractivity contribution in [3.8, 4) is 28.7 Å². The van der Waals surface area contributed by atoms with Gasteiger partial charge < -0.3 is 29.7 Å². The largest absolute Gasteiger partial charge is 0.503 e. The average molecular weight is 1340 g/mol. The van der Waals surface area contributed by atoms with Crippen LogP contribution in [0, 0.1) is 18.8 Å². The molecule has 2 radical (unpaired) electrons. The van der Waals surface area contributed by atoms with Crippen molar-refractivity contribution in [3.05, 3.63) is 252 Å². The number of nitrogens with zero attached hydrogens (tertiary/aromatic N) is 5. The minimum Gasteiger partial charge on any atom is -0.503 e. The quantitative estimate of drug-likeness (QED) is 0.116. The summed E-state index contributed by atoms with van der Waals surface area (Å²) in [6, 6.07) is 45.1. The van der Waals surface area contributed by atoms with E-state index in [1.165, 1.54) is 27.8 Å². The van der Waals surface area contributed by atoms with Gasteiger partial charge in [-0.05, 0) is 137 Å². The van der Waals surface area contributed by atoms with E-state index < -0.39 is 0 Å². The van der Waals surface area contributed by atoms with Gasteiger partial charge in [-0.25, -0.2) is 4.98 Å². The maximum Gasteiger partial charge on any atom is 0.182 e. The van der Waals surface area contributed by atoms with E-state index >= 15 is 0 Å². The number of nitrogens with one attached hydrogen (secondary N) is 2. The van der Waals surface area contributed by atoms with Gasteiger partial charge in [0, 0.05) is 80.4 Å². The Morgan fingerprint density at radius 3 is 1.67 bits per heavy atom. The maximum atomic E-state index is 7.22. The summed E-state index contributed by atoms with van der Waals surface area (Å²) in [6.07, 6.45) is 26.2. The van der Waals surface area contributed by atoms with Crippen LogP contribution in [-0.4, -0.2) is 29.1 Å². The van der Waals surface area contributed by atoms with Crippen LogP contribution < -0.4 is 25.2 Å². The van der Waals surface area contributed by atoms with Crippen molar-refractivity contribution < 1.29 is 25.8 Å². The van der Waals surface area contributed by atoms with Gasteiger partial charge in [0.05, 0.1) is 0 Å². The number of rotatable bonds is 8. The molecule has 6 heterocycles. The molecule has 3 aliphatic heterocycles. The van der Waals surface area contributed by atoms with Crippen molar-refractivity contribution >= 4 is 70.1 Å². The topological polar surface area (TPSA) is 70.5 Å². The Balaban J connectivity index is 0.00000855.